The lowest BCUT2D eigenvalue weighted by molar-refractivity contribution is -0.384. The Morgan fingerprint density at radius 1 is 1.42 bits per heavy atom. The molecule has 2 aromatic rings. The third kappa shape index (κ3) is 4.78. The Balaban J connectivity index is 1.90. The van der Waals surface area contributed by atoms with Gasteiger partial charge in [0.05, 0.1) is 11.3 Å². The van der Waals surface area contributed by atoms with Crippen molar-refractivity contribution in [2.45, 2.75) is 13.0 Å². The van der Waals surface area contributed by atoms with Crippen molar-refractivity contribution in [1.29, 1.82) is 5.26 Å². The minimum absolute atomic E-state index is 0.0467. The smallest absolute Gasteiger partial charge is 0.269 e. The molecule has 0 saturated heterocycles. The van der Waals surface area contributed by atoms with Gasteiger partial charge in [-0.3, -0.25) is 14.9 Å². The van der Waals surface area contributed by atoms with Crippen LogP contribution >= 0.6 is 0 Å². The van der Waals surface area contributed by atoms with Gasteiger partial charge in [0.2, 0.25) is 0 Å². The topological polar surface area (TPSA) is 114 Å². The largest absolute Gasteiger partial charge is 0.351 e. The molecule has 0 fully saturated rings. The number of carbonyl (C=O) groups excluding carboxylic acids is 1. The Hall–Kier alpha value is -3.47. The molecular formula is C16H15N5O3. The fourth-order valence-electron chi connectivity index (χ4n) is 1.99. The molecule has 24 heavy (non-hydrogen) atoms. The molecule has 0 atom stereocenters. The molecule has 8 nitrogen and oxygen atoms in total. The highest BCUT2D eigenvalue weighted by Crippen LogP contribution is 2.14. The summed E-state index contributed by atoms with van der Waals surface area (Å²) in [5.74, 6) is -0.471. The molecule has 122 valence electrons. The quantitative estimate of drug-likeness (QED) is 0.274. The van der Waals surface area contributed by atoms with E-state index in [0.29, 0.717) is 25.1 Å². The number of nitrogens with one attached hydrogen (secondary N) is 1. The molecule has 0 radical (unpaired) electrons. The van der Waals surface area contributed by atoms with Crippen molar-refractivity contribution in [2.24, 2.45) is 0 Å². The van der Waals surface area contributed by atoms with Gasteiger partial charge in [0.25, 0.3) is 11.6 Å². The molecule has 1 heterocycles. The van der Waals surface area contributed by atoms with Crippen molar-refractivity contribution in [3.8, 4) is 6.07 Å². The number of hydrogen-bond donors (Lipinski definition) is 1. The number of aryl methyl sites for hydroxylation is 1. The first kappa shape index (κ1) is 16.9. The molecule has 8 heteroatoms. The maximum absolute atomic E-state index is 12.0. The van der Waals surface area contributed by atoms with Crippen molar-refractivity contribution in [2.75, 3.05) is 6.54 Å². The minimum Gasteiger partial charge on any atom is -0.351 e. The molecule has 1 aromatic heterocycles. The molecule has 0 bridgehead atoms. The van der Waals surface area contributed by atoms with Crippen molar-refractivity contribution in [3.63, 3.8) is 0 Å². The molecular weight excluding hydrogens is 310 g/mol. The summed E-state index contributed by atoms with van der Waals surface area (Å²) in [5.41, 5.74) is 0.451. The fourth-order valence-corrected chi connectivity index (χ4v) is 1.99. The second kappa shape index (κ2) is 8.24. The summed E-state index contributed by atoms with van der Waals surface area (Å²) < 4.78 is 1.89. The van der Waals surface area contributed by atoms with E-state index >= 15 is 0 Å². The SMILES string of the molecule is N#C/C(=C\c1ccc([N+](=O)[O-])cc1)C(=O)NCCCn1ccnc1. The number of hydrogen-bond acceptors (Lipinski definition) is 5. The van der Waals surface area contributed by atoms with Gasteiger partial charge in [0, 0.05) is 37.6 Å². The van der Waals surface area contributed by atoms with E-state index < -0.39 is 10.8 Å². The van der Waals surface area contributed by atoms with Gasteiger partial charge in [-0.1, -0.05) is 0 Å². The summed E-state index contributed by atoms with van der Waals surface area (Å²) in [6.45, 7) is 1.14. The number of amides is 1. The first-order valence-corrected chi connectivity index (χ1v) is 7.20. The van der Waals surface area contributed by atoms with Gasteiger partial charge in [-0.2, -0.15) is 5.26 Å². The van der Waals surface area contributed by atoms with Crippen LogP contribution in [0.4, 0.5) is 5.69 Å². The first-order chi connectivity index (χ1) is 11.6. The van der Waals surface area contributed by atoms with E-state index in [9.17, 15) is 14.9 Å². The van der Waals surface area contributed by atoms with Gasteiger partial charge in [-0.15, -0.1) is 0 Å². The lowest BCUT2D eigenvalue weighted by Crippen LogP contribution is -2.26. The summed E-state index contributed by atoms with van der Waals surface area (Å²) >= 11 is 0. The average Bonchev–Trinajstić information content (AvgIpc) is 3.10. The molecule has 0 saturated carbocycles. The van der Waals surface area contributed by atoms with Gasteiger partial charge in [0.1, 0.15) is 11.6 Å². The predicted molar refractivity (Wildman–Crippen MR) is 86.5 cm³/mol. The first-order valence-electron chi connectivity index (χ1n) is 7.20. The normalized spacial score (nSPS) is 10.9. The fraction of sp³-hybridized carbons (Fsp3) is 0.188. The van der Waals surface area contributed by atoms with E-state index in [2.05, 4.69) is 10.3 Å². The molecule has 1 amide bonds. The number of nitrogens with zero attached hydrogens (tertiary/aromatic N) is 4. The highest BCUT2D eigenvalue weighted by atomic mass is 16.6. The molecule has 1 aromatic carbocycles. The summed E-state index contributed by atoms with van der Waals surface area (Å²) in [6, 6.07) is 7.46. The number of nitriles is 1. The van der Waals surface area contributed by atoms with Gasteiger partial charge in [0.15, 0.2) is 0 Å². The number of benzene rings is 1. The number of imidazole rings is 1. The van der Waals surface area contributed by atoms with E-state index in [1.165, 1.54) is 30.3 Å². The number of aromatic nitrogens is 2. The Bertz CT molecular complexity index is 773. The maximum Gasteiger partial charge on any atom is 0.269 e. The summed E-state index contributed by atoms with van der Waals surface area (Å²) in [4.78, 5) is 26.0. The van der Waals surface area contributed by atoms with E-state index in [1.54, 1.807) is 12.5 Å². The zero-order valence-electron chi connectivity index (χ0n) is 12.8. The number of carbonyl (C=O) groups is 1. The predicted octanol–water partition coefficient (Wildman–Crippen LogP) is 1.90. The van der Waals surface area contributed by atoms with Gasteiger partial charge in [-0.05, 0) is 30.2 Å². The van der Waals surface area contributed by atoms with Gasteiger partial charge < -0.3 is 9.88 Å². The molecule has 2 rings (SSSR count). The molecule has 1 N–H and O–H groups in total. The Morgan fingerprint density at radius 3 is 2.75 bits per heavy atom. The highest BCUT2D eigenvalue weighted by Gasteiger charge is 2.09. The number of nitro benzene ring substituents is 1. The van der Waals surface area contributed by atoms with Crippen molar-refractivity contribution in [3.05, 3.63) is 64.2 Å². The van der Waals surface area contributed by atoms with Crippen LogP contribution in [-0.2, 0) is 11.3 Å². The van der Waals surface area contributed by atoms with E-state index in [1.807, 2.05) is 16.8 Å². The Kier molecular flexibility index (Phi) is 5.80. The van der Waals surface area contributed by atoms with Crippen LogP contribution in [0.5, 0.6) is 0 Å². The van der Waals surface area contributed by atoms with E-state index in [0.717, 1.165) is 0 Å². The maximum atomic E-state index is 12.0. The highest BCUT2D eigenvalue weighted by molar-refractivity contribution is 6.01. The third-order valence-corrected chi connectivity index (χ3v) is 3.22. The average molecular weight is 325 g/mol. The van der Waals surface area contributed by atoms with Crippen LogP contribution in [0.3, 0.4) is 0 Å². The van der Waals surface area contributed by atoms with Crippen LogP contribution in [0.2, 0.25) is 0 Å². The number of rotatable bonds is 7. The number of nitro groups is 1. The van der Waals surface area contributed by atoms with Crippen LogP contribution in [-0.4, -0.2) is 26.9 Å². The standard InChI is InChI=1S/C16H15N5O3/c17-11-14(10-13-2-4-15(5-3-13)21(23)24)16(22)19-6-1-8-20-9-7-18-12-20/h2-5,7,9-10,12H,1,6,8H2,(H,19,22)/b14-10+. The lowest BCUT2D eigenvalue weighted by Gasteiger charge is -2.05. The van der Waals surface area contributed by atoms with Gasteiger partial charge >= 0.3 is 0 Å². The summed E-state index contributed by atoms with van der Waals surface area (Å²) in [5, 5.41) is 22.4. The van der Waals surface area contributed by atoms with Crippen molar-refractivity contribution in [1.82, 2.24) is 14.9 Å². The van der Waals surface area contributed by atoms with Crippen molar-refractivity contribution < 1.29 is 9.72 Å². The second-order valence-corrected chi connectivity index (χ2v) is 4.93. The van der Waals surface area contributed by atoms with Crippen LogP contribution in [0.1, 0.15) is 12.0 Å². The summed E-state index contributed by atoms with van der Waals surface area (Å²) in [7, 11) is 0. The zero-order valence-corrected chi connectivity index (χ0v) is 12.8. The second-order valence-electron chi connectivity index (χ2n) is 4.93. The van der Waals surface area contributed by atoms with Crippen LogP contribution in [0.25, 0.3) is 6.08 Å². The Morgan fingerprint density at radius 2 is 2.17 bits per heavy atom. The van der Waals surface area contributed by atoms with E-state index in [-0.39, 0.29) is 11.3 Å². The van der Waals surface area contributed by atoms with Crippen molar-refractivity contribution >= 4 is 17.7 Å². The minimum atomic E-state index is -0.508. The molecule has 0 unspecified atom stereocenters. The molecule has 0 aliphatic heterocycles. The van der Waals surface area contributed by atoms with Crippen LogP contribution < -0.4 is 5.32 Å². The third-order valence-electron chi connectivity index (χ3n) is 3.22. The van der Waals surface area contributed by atoms with Gasteiger partial charge in [-0.25, -0.2) is 4.98 Å². The summed E-state index contributed by atoms with van der Waals surface area (Å²) in [6.07, 6.45) is 7.31. The van der Waals surface area contributed by atoms with Crippen LogP contribution in [0, 0.1) is 21.4 Å². The molecule has 0 aliphatic rings. The van der Waals surface area contributed by atoms with E-state index in [4.69, 9.17) is 5.26 Å². The molecule has 0 spiro atoms. The zero-order chi connectivity index (χ0) is 17.4. The lowest BCUT2D eigenvalue weighted by atomic mass is 10.1. The van der Waals surface area contributed by atoms with Crippen LogP contribution in [0.15, 0.2) is 48.6 Å². The Labute approximate surface area is 138 Å². The monoisotopic (exact) mass is 325 g/mol. The molecule has 0 aliphatic carbocycles. The number of non-ortho nitro benzene ring substituents is 1.